The maximum absolute atomic E-state index is 5.67. The minimum Gasteiger partial charge on any atom is -0.377 e. The molecule has 8 heteroatoms. The number of fused-ring (bicyclic) bond motifs is 1. The molecule has 19 heavy (non-hydrogen) atoms. The van der Waals surface area contributed by atoms with E-state index >= 15 is 0 Å². The molecule has 0 N–H and O–H groups in total. The van der Waals surface area contributed by atoms with Crippen molar-refractivity contribution in [2.75, 3.05) is 30.5 Å². The molecule has 0 aromatic carbocycles. The SMILES string of the molecule is ClCCOC1CCN(c2cncc3nnnn23)CC1. The zero-order chi connectivity index (χ0) is 13.1. The third kappa shape index (κ3) is 2.62. The molecule has 0 spiro atoms. The number of halogens is 1. The summed E-state index contributed by atoms with van der Waals surface area (Å²) in [6.07, 6.45) is 5.71. The quantitative estimate of drug-likeness (QED) is 0.771. The molecule has 1 aliphatic rings. The highest BCUT2D eigenvalue weighted by Gasteiger charge is 2.21. The summed E-state index contributed by atoms with van der Waals surface area (Å²) < 4.78 is 7.38. The second-order valence-corrected chi connectivity index (χ2v) is 4.84. The number of tetrazole rings is 1. The van der Waals surface area contributed by atoms with Gasteiger partial charge in [-0.25, -0.2) is 0 Å². The van der Waals surface area contributed by atoms with Crippen LogP contribution in [0.3, 0.4) is 0 Å². The van der Waals surface area contributed by atoms with Crippen LogP contribution in [-0.2, 0) is 4.74 Å². The first-order valence-electron chi connectivity index (χ1n) is 6.33. The summed E-state index contributed by atoms with van der Waals surface area (Å²) in [5.41, 5.74) is 0.665. The molecule has 3 rings (SSSR count). The van der Waals surface area contributed by atoms with Crippen molar-refractivity contribution < 1.29 is 4.74 Å². The van der Waals surface area contributed by atoms with Crippen molar-refractivity contribution >= 4 is 23.1 Å². The van der Waals surface area contributed by atoms with Gasteiger partial charge >= 0.3 is 0 Å². The van der Waals surface area contributed by atoms with Crippen LogP contribution in [0.15, 0.2) is 12.4 Å². The predicted octanol–water partition coefficient (Wildman–Crippen LogP) is 0.743. The normalized spacial score (nSPS) is 17.2. The van der Waals surface area contributed by atoms with Crippen LogP contribution < -0.4 is 4.90 Å². The number of hydrogen-bond acceptors (Lipinski definition) is 6. The standard InChI is InChI=1S/C11H15ClN6O/c12-3-6-19-9-1-4-17(5-2-9)11-8-13-7-10-14-15-16-18(10)11/h7-9H,1-6H2. The van der Waals surface area contributed by atoms with E-state index in [1.807, 2.05) is 0 Å². The third-order valence-corrected chi connectivity index (χ3v) is 3.44. The smallest absolute Gasteiger partial charge is 0.199 e. The van der Waals surface area contributed by atoms with Gasteiger partial charge < -0.3 is 9.64 Å². The van der Waals surface area contributed by atoms with Crippen LogP contribution in [0.2, 0.25) is 0 Å². The number of piperidine rings is 1. The van der Waals surface area contributed by atoms with Crippen molar-refractivity contribution in [1.29, 1.82) is 0 Å². The summed E-state index contributed by atoms with van der Waals surface area (Å²) in [5, 5.41) is 11.6. The van der Waals surface area contributed by atoms with Gasteiger partial charge in [0.25, 0.3) is 0 Å². The third-order valence-electron chi connectivity index (χ3n) is 3.29. The van der Waals surface area contributed by atoms with E-state index in [1.165, 1.54) is 0 Å². The lowest BCUT2D eigenvalue weighted by molar-refractivity contribution is 0.0470. The summed E-state index contributed by atoms with van der Waals surface area (Å²) in [7, 11) is 0. The zero-order valence-corrected chi connectivity index (χ0v) is 11.2. The molecule has 3 heterocycles. The molecule has 0 amide bonds. The summed E-state index contributed by atoms with van der Waals surface area (Å²) >= 11 is 5.63. The van der Waals surface area contributed by atoms with Crippen molar-refractivity contribution in [2.24, 2.45) is 0 Å². The summed E-state index contributed by atoms with van der Waals surface area (Å²) in [6.45, 7) is 2.44. The average molecular weight is 283 g/mol. The number of anilines is 1. The van der Waals surface area contributed by atoms with E-state index in [0.717, 1.165) is 31.7 Å². The van der Waals surface area contributed by atoms with Crippen LogP contribution >= 0.6 is 11.6 Å². The van der Waals surface area contributed by atoms with E-state index in [2.05, 4.69) is 25.4 Å². The molecule has 1 aliphatic heterocycles. The van der Waals surface area contributed by atoms with E-state index in [-0.39, 0.29) is 0 Å². The molecule has 0 saturated carbocycles. The van der Waals surface area contributed by atoms with Crippen LogP contribution in [-0.4, -0.2) is 56.7 Å². The molecule has 0 aliphatic carbocycles. The topological polar surface area (TPSA) is 68.4 Å². The Morgan fingerprint density at radius 1 is 1.32 bits per heavy atom. The minimum absolute atomic E-state index is 0.302. The van der Waals surface area contributed by atoms with E-state index in [4.69, 9.17) is 16.3 Å². The Morgan fingerprint density at radius 3 is 2.95 bits per heavy atom. The Hall–Kier alpha value is -1.47. The van der Waals surface area contributed by atoms with E-state index in [1.54, 1.807) is 16.9 Å². The van der Waals surface area contributed by atoms with Crippen LogP contribution in [0, 0.1) is 0 Å². The molecule has 1 fully saturated rings. The number of ether oxygens (including phenoxy) is 1. The fourth-order valence-electron chi connectivity index (χ4n) is 2.34. The monoisotopic (exact) mass is 282 g/mol. The number of hydrogen-bond donors (Lipinski definition) is 0. The van der Waals surface area contributed by atoms with Gasteiger partial charge in [-0.05, 0) is 23.3 Å². The van der Waals surface area contributed by atoms with Gasteiger partial charge in [-0.3, -0.25) is 4.98 Å². The van der Waals surface area contributed by atoms with Gasteiger partial charge in [0.2, 0.25) is 0 Å². The van der Waals surface area contributed by atoms with Crippen molar-refractivity contribution in [1.82, 2.24) is 25.0 Å². The Kier molecular flexibility index (Phi) is 3.74. The molecule has 1 saturated heterocycles. The molecule has 2 aromatic heterocycles. The number of rotatable bonds is 4. The fourth-order valence-corrected chi connectivity index (χ4v) is 2.43. The van der Waals surface area contributed by atoms with Gasteiger partial charge in [-0.2, -0.15) is 4.52 Å². The van der Waals surface area contributed by atoms with Gasteiger partial charge in [0.1, 0.15) is 0 Å². The van der Waals surface area contributed by atoms with Gasteiger partial charge in [0, 0.05) is 19.0 Å². The maximum atomic E-state index is 5.67. The van der Waals surface area contributed by atoms with Crippen LogP contribution in [0.25, 0.3) is 5.65 Å². The minimum atomic E-state index is 0.302. The molecule has 0 atom stereocenters. The van der Waals surface area contributed by atoms with Crippen LogP contribution in [0.1, 0.15) is 12.8 Å². The first kappa shape index (κ1) is 12.6. The maximum Gasteiger partial charge on any atom is 0.199 e. The Labute approximate surface area is 115 Å². The number of alkyl halides is 1. The number of nitrogens with zero attached hydrogens (tertiary/aromatic N) is 6. The van der Waals surface area contributed by atoms with Crippen molar-refractivity contribution in [3.05, 3.63) is 12.4 Å². The lowest BCUT2D eigenvalue weighted by Crippen LogP contribution is -2.38. The average Bonchev–Trinajstić information content (AvgIpc) is 2.94. The molecule has 0 unspecified atom stereocenters. The summed E-state index contributed by atoms with van der Waals surface area (Å²) in [5.74, 6) is 1.48. The van der Waals surface area contributed by atoms with E-state index < -0.39 is 0 Å². The van der Waals surface area contributed by atoms with Gasteiger partial charge in [0.05, 0.1) is 25.1 Å². The van der Waals surface area contributed by atoms with Crippen LogP contribution in [0.5, 0.6) is 0 Å². The first-order chi connectivity index (χ1) is 9.38. The molecule has 2 aromatic rings. The van der Waals surface area contributed by atoms with Crippen LogP contribution in [0.4, 0.5) is 5.82 Å². The second kappa shape index (κ2) is 5.66. The molecule has 0 bridgehead atoms. The molecule has 102 valence electrons. The Morgan fingerprint density at radius 2 is 2.16 bits per heavy atom. The van der Waals surface area contributed by atoms with Crippen molar-refractivity contribution in [3.8, 4) is 0 Å². The highest BCUT2D eigenvalue weighted by Crippen LogP contribution is 2.20. The number of aromatic nitrogens is 5. The molecular formula is C11H15ClN6O. The Bertz CT molecular complexity index is 539. The van der Waals surface area contributed by atoms with Crippen molar-refractivity contribution in [3.63, 3.8) is 0 Å². The lowest BCUT2D eigenvalue weighted by atomic mass is 10.1. The first-order valence-corrected chi connectivity index (χ1v) is 6.86. The lowest BCUT2D eigenvalue weighted by Gasteiger charge is -2.32. The highest BCUT2D eigenvalue weighted by molar-refractivity contribution is 6.17. The van der Waals surface area contributed by atoms with Gasteiger partial charge in [-0.15, -0.1) is 16.7 Å². The van der Waals surface area contributed by atoms with E-state index in [9.17, 15) is 0 Å². The fraction of sp³-hybridized carbons (Fsp3) is 0.636. The van der Waals surface area contributed by atoms with Crippen molar-refractivity contribution in [2.45, 2.75) is 18.9 Å². The second-order valence-electron chi connectivity index (χ2n) is 4.46. The largest absolute Gasteiger partial charge is 0.377 e. The zero-order valence-electron chi connectivity index (χ0n) is 10.4. The van der Waals surface area contributed by atoms with Gasteiger partial charge in [-0.1, -0.05) is 0 Å². The predicted molar refractivity (Wildman–Crippen MR) is 70.5 cm³/mol. The molecular weight excluding hydrogens is 268 g/mol. The molecule has 7 nitrogen and oxygen atoms in total. The summed E-state index contributed by atoms with van der Waals surface area (Å²) in [4.78, 5) is 6.41. The summed E-state index contributed by atoms with van der Waals surface area (Å²) in [6, 6.07) is 0. The van der Waals surface area contributed by atoms with Gasteiger partial charge in [0.15, 0.2) is 11.5 Å². The Balaban J connectivity index is 1.69. The molecule has 0 radical (unpaired) electrons. The van der Waals surface area contributed by atoms with E-state index in [0.29, 0.717) is 24.2 Å². The highest BCUT2D eigenvalue weighted by atomic mass is 35.5.